The second-order valence-corrected chi connectivity index (χ2v) is 8.04. The number of Topliss-reactive ketones (excluding diaryl/α,β-unsaturated/α-hetero) is 1. The Morgan fingerprint density at radius 3 is 2.21 bits per heavy atom. The van der Waals surface area contributed by atoms with Crippen molar-refractivity contribution in [2.45, 2.75) is 30.2 Å². The average Bonchev–Trinajstić information content (AvgIpc) is 3.19. The lowest BCUT2D eigenvalue weighted by Gasteiger charge is -2.22. The van der Waals surface area contributed by atoms with E-state index in [-0.39, 0.29) is 17.9 Å². The summed E-state index contributed by atoms with van der Waals surface area (Å²) in [6.07, 6.45) is -0.381. The molecule has 1 atom stereocenters. The van der Waals surface area contributed by atoms with Crippen LogP contribution in [-0.4, -0.2) is 64.6 Å². The molecule has 1 heterocycles. The second-order valence-electron chi connectivity index (χ2n) is 6.26. The number of sulfonamides is 1. The molecule has 1 aromatic carbocycles. The van der Waals surface area contributed by atoms with Gasteiger partial charge in [0.15, 0.2) is 5.92 Å². The molecule has 0 saturated carbocycles. The number of hydrogen-bond donors (Lipinski definition) is 0. The van der Waals surface area contributed by atoms with Crippen molar-refractivity contribution in [2.24, 2.45) is 5.92 Å². The first-order valence-corrected chi connectivity index (χ1v) is 10.2. The van der Waals surface area contributed by atoms with Crippen molar-refractivity contribution in [1.82, 2.24) is 4.47 Å². The number of ketones is 1. The van der Waals surface area contributed by atoms with E-state index in [2.05, 4.69) is 9.47 Å². The van der Waals surface area contributed by atoms with E-state index in [0.29, 0.717) is 12.2 Å². The summed E-state index contributed by atoms with van der Waals surface area (Å²) in [6, 6.07) is 4.99. The number of carbonyl (C=O) groups is 3. The number of hydrogen-bond acceptors (Lipinski definition) is 9. The molecule has 1 fully saturated rings. The van der Waals surface area contributed by atoms with Crippen molar-refractivity contribution >= 4 is 27.7 Å². The molecule has 0 aromatic heterocycles. The Morgan fingerprint density at radius 1 is 1.10 bits per heavy atom. The monoisotopic (exact) mass is 429 g/mol. The molecule has 0 spiro atoms. The van der Waals surface area contributed by atoms with Crippen LogP contribution in [0.3, 0.4) is 0 Å². The summed E-state index contributed by atoms with van der Waals surface area (Å²) in [7, 11) is -0.358. The largest absolute Gasteiger partial charge is 0.497 e. The molecule has 11 heteroatoms. The molecule has 0 aliphatic carbocycles. The zero-order chi connectivity index (χ0) is 21.6. The zero-order valence-corrected chi connectivity index (χ0v) is 17.1. The van der Waals surface area contributed by atoms with E-state index in [1.807, 2.05) is 0 Å². The van der Waals surface area contributed by atoms with E-state index in [0.717, 1.165) is 18.7 Å². The molecule has 2 rings (SSSR count). The summed E-state index contributed by atoms with van der Waals surface area (Å²) >= 11 is 0. The predicted octanol–water partition coefficient (Wildman–Crippen LogP) is 0.701. The van der Waals surface area contributed by atoms with Gasteiger partial charge in [0.2, 0.25) is 0 Å². The summed E-state index contributed by atoms with van der Waals surface area (Å²) in [5, 5.41) is 0. The fourth-order valence-electron chi connectivity index (χ4n) is 2.90. The van der Waals surface area contributed by atoms with Crippen molar-refractivity contribution in [3.63, 3.8) is 0 Å². The first kappa shape index (κ1) is 22.8. The van der Waals surface area contributed by atoms with Crippen LogP contribution in [0.25, 0.3) is 0 Å². The highest BCUT2D eigenvalue weighted by Gasteiger charge is 2.39. The third kappa shape index (κ3) is 5.31. The van der Waals surface area contributed by atoms with Gasteiger partial charge < -0.3 is 14.2 Å². The van der Waals surface area contributed by atoms with Crippen LogP contribution in [-0.2, 0) is 38.7 Å². The predicted molar refractivity (Wildman–Crippen MR) is 98.1 cm³/mol. The van der Waals surface area contributed by atoms with Crippen molar-refractivity contribution in [1.29, 1.82) is 0 Å². The summed E-state index contributed by atoms with van der Waals surface area (Å²) in [5.41, 5.74) is 0. The topological polar surface area (TPSA) is 126 Å². The number of hydroxylamine groups is 1. The third-order valence-corrected chi connectivity index (χ3v) is 6.17. The summed E-state index contributed by atoms with van der Waals surface area (Å²) in [6.45, 7) is 0.116. The highest BCUT2D eigenvalue weighted by molar-refractivity contribution is 7.89. The maximum atomic E-state index is 12.9. The molecule has 160 valence electrons. The SMILES string of the molecule is COC(=O)C(CC(=O)CC1CCON1S(=O)(=O)c1ccc(OC)cc1)C(=O)OC. The molecule has 1 aliphatic rings. The normalized spacial score (nSPS) is 17.2. The molecule has 1 aliphatic heterocycles. The van der Waals surface area contributed by atoms with Gasteiger partial charge in [-0.2, -0.15) is 0 Å². The standard InChI is InChI=1S/C18H23NO9S/c1-25-14-4-6-15(7-5-14)29(23,24)19-12(8-9-28-19)10-13(20)11-16(17(21)26-2)18(22)27-3/h4-7,12,16H,8-11H2,1-3H3. The molecular weight excluding hydrogens is 406 g/mol. The van der Waals surface area contributed by atoms with Crippen LogP contribution in [0, 0.1) is 5.92 Å². The first-order chi connectivity index (χ1) is 13.7. The fourth-order valence-corrected chi connectivity index (χ4v) is 4.38. The second kappa shape index (κ2) is 9.81. The van der Waals surface area contributed by atoms with E-state index in [1.165, 1.54) is 31.4 Å². The lowest BCUT2D eigenvalue weighted by atomic mass is 9.98. The third-order valence-electron chi connectivity index (χ3n) is 4.43. The van der Waals surface area contributed by atoms with Crippen molar-refractivity contribution < 1.29 is 41.8 Å². The number of benzene rings is 1. The minimum Gasteiger partial charge on any atom is -0.497 e. The average molecular weight is 429 g/mol. The maximum Gasteiger partial charge on any atom is 0.320 e. The number of rotatable bonds is 9. The van der Waals surface area contributed by atoms with Gasteiger partial charge in [-0.25, -0.2) is 8.42 Å². The highest BCUT2D eigenvalue weighted by atomic mass is 32.2. The minimum atomic E-state index is -4.01. The van der Waals surface area contributed by atoms with Crippen LogP contribution in [0.2, 0.25) is 0 Å². The molecular formula is C18H23NO9S. The Balaban J connectivity index is 2.12. The van der Waals surface area contributed by atoms with Crippen LogP contribution in [0.15, 0.2) is 29.2 Å². The fraction of sp³-hybridized carbons (Fsp3) is 0.500. The van der Waals surface area contributed by atoms with Gasteiger partial charge in [-0.1, -0.05) is 4.47 Å². The smallest absolute Gasteiger partial charge is 0.320 e. The van der Waals surface area contributed by atoms with E-state index in [9.17, 15) is 22.8 Å². The highest BCUT2D eigenvalue weighted by Crippen LogP contribution is 2.28. The quantitative estimate of drug-likeness (QED) is 0.412. The summed E-state index contributed by atoms with van der Waals surface area (Å²) < 4.78 is 40.6. The Kier molecular flexibility index (Phi) is 7.71. The van der Waals surface area contributed by atoms with Crippen molar-refractivity contribution in [3.05, 3.63) is 24.3 Å². The summed E-state index contributed by atoms with van der Waals surface area (Å²) in [5.74, 6) is -3.18. The number of ether oxygens (including phenoxy) is 3. The van der Waals surface area contributed by atoms with Crippen LogP contribution < -0.4 is 4.74 Å². The number of carbonyl (C=O) groups excluding carboxylic acids is 3. The minimum absolute atomic E-state index is 0.0142. The van der Waals surface area contributed by atoms with Crippen LogP contribution in [0.5, 0.6) is 5.75 Å². The maximum absolute atomic E-state index is 12.9. The van der Waals surface area contributed by atoms with Gasteiger partial charge in [0.25, 0.3) is 10.0 Å². The zero-order valence-electron chi connectivity index (χ0n) is 16.3. The van der Waals surface area contributed by atoms with Gasteiger partial charge in [0.05, 0.1) is 38.9 Å². The van der Waals surface area contributed by atoms with E-state index < -0.39 is 46.1 Å². The lowest BCUT2D eigenvalue weighted by Crippen LogP contribution is -2.37. The van der Waals surface area contributed by atoms with E-state index in [1.54, 1.807) is 0 Å². The molecule has 0 radical (unpaired) electrons. The van der Waals surface area contributed by atoms with Crippen molar-refractivity contribution in [2.75, 3.05) is 27.9 Å². The first-order valence-electron chi connectivity index (χ1n) is 8.73. The van der Waals surface area contributed by atoms with Gasteiger partial charge >= 0.3 is 11.9 Å². The molecule has 0 bridgehead atoms. The molecule has 1 saturated heterocycles. The lowest BCUT2D eigenvalue weighted by molar-refractivity contribution is -0.160. The number of nitrogens with zero attached hydrogens (tertiary/aromatic N) is 1. The van der Waals surface area contributed by atoms with E-state index >= 15 is 0 Å². The molecule has 0 amide bonds. The van der Waals surface area contributed by atoms with Crippen LogP contribution in [0.4, 0.5) is 0 Å². The molecule has 10 nitrogen and oxygen atoms in total. The number of methoxy groups -OCH3 is 3. The molecule has 0 N–H and O–H groups in total. The van der Waals surface area contributed by atoms with Gasteiger partial charge in [-0.15, -0.1) is 0 Å². The van der Waals surface area contributed by atoms with Gasteiger partial charge in [-0.05, 0) is 30.7 Å². The Hall–Kier alpha value is -2.50. The van der Waals surface area contributed by atoms with Gasteiger partial charge in [-0.3, -0.25) is 19.2 Å². The molecule has 29 heavy (non-hydrogen) atoms. The van der Waals surface area contributed by atoms with E-state index in [4.69, 9.17) is 9.57 Å². The summed E-state index contributed by atoms with van der Waals surface area (Å²) in [4.78, 5) is 41.1. The molecule has 1 aromatic rings. The van der Waals surface area contributed by atoms with Gasteiger partial charge in [0.1, 0.15) is 11.5 Å². The van der Waals surface area contributed by atoms with Crippen LogP contribution >= 0.6 is 0 Å². The number of esters is 2. The van der Waals surface area contributed by atoms with Crippen LogP contribution in [0.1, 0.15) is 19.3 Å². The Bertz CT molecular complexity index is 835. The molecule has 1 unspecified atom stereocenters. The Labute approximate surface area is 168 Å². The van der Waals surface area contributed by atoms with Crippen molar-refractivity contribution in [3.8, 4) is 5.75 Å². The Morgan fingerprint density at radius 2 is 1.69 bits per heavy atom. The van der Waals surface area contributed by atoms with Gasteiger partial charge in [0, 0.05) is 12.8 Å².